The van der Waals surface area contributed by atoms with Gasteiger partial charge in [0.15, 0.2) is 0 Å². The molecule has 11 rings (SSSR count). The van der Waals surface area contributed by atoms with Gasteiger partial charge in [0.1, 0.15) is 11.2 Å². The lowest BCUT2D eigenvalue weighted by Gasteiger charge is -2.34. The maximum atomic E-state index is 6.50. The molecular formula is C49H31NOS. The molecule has 52 heavy (non-hydrogen) atoms. The van der Waals surface area contributed by atoms with Gasteiger partial charge in [-0.2, -0.15) is 0 Å². The van der Waals surface area contributed by atoms with E-state index in [1.54, 1.807) is 0 Å². The number of furan rings is 1. The molecule has 0 N–H and O–H groups in total. The van der Waals surface area contributed by atoms with Crippen molar-refractivity contribution in [3.8, 4) is 11.1 Å². The van der Waals surface area contributed by atoms with Crippen LogP contribution in [-0.2, 0) is 5.41 Å². The molecule has 0 aliphatic heterocycles. The first kappa shape index (κ1) is 29.3. The first-order chi connectivity index (χ1) is 25.8. The maximum absolute atomic E-state index is 6.50. The van der Waals surface area contributed by atoms with Gasteiger partial charge >= 0.3 is 0 Å². The fourth-order valence-electron chi connectivity index (χ4n) is 8.86. The van der Waals surface area contributed by atoms with E-state index in [4.69, 9.17) is 4.42 Å². The molecule has 244 valence electrons. The van der Waals surface area contributed by atoms with Gasteiger partial charge < -0.3 is 9.32 Å². The van der Waals surface area contributed by atoms with Crippen molar-refractivity contribution < 1.29 is 4.42 Å². The van der Waals surface area contributed by atoms with E-state index < -0.39 is 5.41 Å². The molecule has 0 amide bonds. The Labute approximate surface area is 305 Å². The molecule has 0 spiro atoms. The Morgan fingerprint density at radius 1 is 0.442 bits per heavy atom. The van der Waals surface area contributed by atoms with Crippen LogP contribution in [0, 0.1) is 0 Å². The van der Waals surface area contributed by atoms with Crippen LogP contribution in [0.15, 0.2) is 192 Å². The van der Waals surface area contributed by atoms with Crippen LogP contribution in [0.2, 0.25) is 0 Å². The van der Waals surface area contributed by atoms with Crippen molar-refractivity contribution in [2.24, 2.45) is 0 Å². The number of anilines is 3. The third-order valence-electron chi connectivity index (χ3n) is 10.9. The second-order valence-corrected chi connectivity index (χ2v) is 14.7. The summed E-state index contributed by atoms with van der Waals surface area (Å²) in [7, 11) is 0. The Bertz CT molecular complexity index is 2930. The van der Waals surface area contributed by atoms with Crippen molar-refractivity contribution in [3.05, 3.63) is 210 Å². The molecule has 8 aromatic carbocycles. The van der Waals surface area contributed by atoms with Crippen molar-refractivity contribution in [2.75, 3.05) is 4.90 Å². The molecular weight excluding hydrogens is 651 g/mol. The van der Waals surface area contributed by atoms with E-state index in [-0.39, 0.29) is 0 Å². The van der Waals surface area contributed by atoms with Crippen molar-refractivity contribution in [1.82, 2.24) is 0 Å². The topological polar surface area (TPSA) is 16.4 Å². The summed E-state index contributed by atoms with van der Waals surface area (Å²) in [5, 5.41) is 4.80. The molecule has 0 bridgehead atoms. The Hall–Kier alpha value is -6.42. The highest BCUT2D eigenvalue weighted by Gasteiger charge is 2.47. The lowest BCUT2D eigenvalue weighted by atomic mass is 9.68. The first-order valence-corrected chi connectivity index (χ1v) is 18.6. The number of thiophene rings is 1. The zero-order chi connectivity index (χ0) is 34.2. The average molecular weight is 682 g/mol. The van der Waals surface area contributed by atoms with Crippen molar-refractivity contribution in [2.45, 2.75) is 5.41 Å². The number of nitrogens with zero attached hydrogens (tertiary/aromatic N) is 1. The van der Waals surface area contributed by atoms with Crippen LogP contribution in [0.5, 0.6) is 0 Å². The molecule has 0 atom stereocenters. The fourth-order valence-corrected chi connectivity index (χ4v) is 10.0. The molecule has 2 heterocycles. The predicted octanol–water partition coefficient (Wildman–Crippen LogP) is 13.8. The molecule has 0 fully saturated rings. The summed E-state index contributed by atoms with van der Waals surface area (Å²) in [6, 6.07) is 68.5. The summed E-state index contributed by atoms with van der Waals surface area (Å²) in [4.78, 5) is 2.48. The van der Waals surface area contributed by atoms with E-state index in [0.717, 1.165) is 39.0 Å². The van der Waals surface area contributed by atoms with Crippen LogP contribution in [0.3, 0.4) is 0 Å². The largest absolute Gasteiger partial charge is 0.456 e. The SMILES string of the molecule is c1ccc(C2(c3ccccc3)c3ccccc3-c3c(N(c4ccc5c(c4)sc4ccccc45)c4cccc5oc6ccccc6c45)cccc32)cc1. The van der Waals surface area contributed by atoms with E-state index in [9.17, 15) is 0 Å². The third-order valence-corrected chi connectivity index (χ3v) is 12.1. The average Bonchev–Trinajstić information content (AvgIpc) is 3.87. The molecule has 0 radical (unpaired) electrons. The summed E-state index contributed by atoms with van der Waals surface area (Å²) in [5.41, 5.74) is 12.2. The fraction of sp³-hybridized carbons (Fsp3) is 0.0204. The van der Waals surface area contributed by atoms with Gasteiger partial charge in [-0.25, -0.2) is 0 Å². The standard InChI is InChI=1S/C49H31NOS/c1-3-15-32(16-4-1)49(33-17-5-2-6-18-33)39-22-10-7-20-37(39)47-40(49)23-13-24-41(47)50(34-29-30-36-35-19-9-12-28-45(35)52-46(36)31-34)42-25-14-27-44-48(42)38-21-8-11-26-43(38)51-44/h1-31H. The molecule has 1 aliphatic rings. The number of fused-ring (bicyclic) bond motifs is 9. The summed E-state index contributed by atoms with van der Waals surface area (Å²) in [6.07, 6.45) is 0. The number of hydrogen-bond donors (Lipinski definition) is 0. The zero-order valence-corrected chi connectivity index (χ0v) is 29.0. The Balaban J connectivity index is 1.27. The Morgan fingerprint density at radius 3 is 1.88 bits per heavy atom. The lowest BCUT2D eigenvalue weighted by molar-refractivity contribution is 0.669. The molecule has 0 saturated heterocycles. The summed E-state index contributed by atoms with van der Waals surface area (Å²) >= 11 is 1.85. The van der Waals surface area contributed by atoms with E-state index >= 15 is 0 Å². The minimum Gasteiger partial charge on any atom is -0.456 e. The van der Waals surface area contributed by atoms with Crippen LogP contribution >= 0.6 is 11.3 Å². The molecule has 10 aromatic rings. The molecule has 0 saturated carbocycles. The van der Waals surface area contributed by atoms with Gasteiger partial charge in [-0.3, -0.25) is 0 Å². The van der Waals surface area contributed by atoms with Crippen LogP contribution in [0.25, 0.3) is 53.2 Å². The summed E-state index contributed by atoms with van der Waals surface area (Å²) in [6.45, 7) is 0. The van der Waals surface area contributed by atoms with Crippen LogP contribution < -0.4 is 4.90 Å². The molecule has 3 heteroatoms. The second-order valence-electron chi connectivity index (χ2n) is 13.6. The summed E-state index contributed by atoms with van der Waals surface area (Å²) in [5.74, 6) is 0. The normalized spacial score (nSPS) is 13.2. The predicted molar refractivity (Wildman–Crippen MR) is 219 cm³/mol. The van der Waals surface area contributed by atoms with Gasteiger partial charge in [-0.05, 0) is 70.3 Å². The highest BCUT2D eigenvalue weighted by atomic mass is 32.1. The van der Waals surface area contributed by atoms with Crippen molar-refractivity contribution in [3.63, 3.8) is 0 Å². The highest BCUT2D eigenvalue weighted by molar-refractivity contribution is 7.25. The minimum atomic E-state index is -0.500. The minimum absolute atomic E-state index is 0.500. The molecule has 0 unspecified atom stereocenters. The second kappa shape index (κ2) is 11.3. The van der Waals surface area contributed by atoms with E-state index in [1.807, 2.05) is 17.4 Å². The maximum Gasteiger partial charge on any atom is 0.137 e. The Kier molecular flexibility index (Phi) is 6.37. The highest BCUT2D eigenvalue weighted by Crippen LogP contribution is 2.60. The van der Waals surface area contributed by atoms with Gasteiger partial charge in [0.05, 0.1) is 22.2 Å². The van der Waals surface area contributed by atoms with Crippen LogP contribution in [0.1, 0.15) is 22.3 Å². The van der Waals surface area contributed by atoms with Gasteiger partial charge in [-0.15, -0.1) is 11.3 Å². The van der Waals surface area contributed by atoms with Crippen molar-refractivity contribution in [1.29, 1.82) is 0 Å². The molecule has 2 nitrogen and oxygen atoms in total. The van der Waals surface area contributed by atoms with E-state index in [0.29, 0.717) is 0 Å². The summed E-state index contributed by atoms with van der Waals surface area (Å²) < 4.78 is 9.07. The number of benzene rings is 8. The van der Waals surface area contributed by atoms with E-state index in [1.165, 1.54) is 53.6 Å². The lowest BCUT2D eigenvalue weighted by Crippen LogP contribution is -2.28. The number of rotatable bonds is 5. The Morgan fingerprint density at radius 2 is 1.06 bits per heavy atom. The number of para-hydroxylation sites is 1. The number of hydrogen-bond acceptors (Lipinski definition) is 3. The molecule has 1 aliphatic carbocycles. The quantitative estimate of drug-likeness (QED) is 0.180. The smallest absolute Gasteiger partial charge is 0.137 e. The van der Waals surface area contributed by atoms with Gasteiger partial charge in [0.2, 0.25) is 0 Å². The van der Waals surface area contributed by atoms with Gasteiger partial charge in [0.25, 0.3) is 0 Å². The van der Waals surface area contributed by atoms with Crippen molar-refractivity contribution >= 4 is 70.5 Å². The van der Waals surface area contributed by atoms with E-state index in [2.05, 4.69) is 187 Å². The van der Waals surface area contributed by atoms with Crippen LogP contribution in [-0.4, -0.2) is 0 Å². The zero-order valence-electron chi connectivity index (χ0n) is 28.2. The van der Waals surface area contributed by atoms with Gasteiger partial charge in [-0.1, -0.05) is 146 Å². The third kappa shape index (κ3) is 4.06. The van der Waals surface area contributed by atoms with Crippen LogP contribution in [0.4, 0.5) is 17.1 Å². The monoisotopic (exact) mass is 681 g/mol. The molecule has 2 aromatic heterocycles. The van der Waals surface area contributed by atoms with Gasteiger partial charge in [0, 0.05) is 36.8 Å². The first-order valence-electron chi connectivity index (χ1n) is 17.8.